The monoisotopic (exact) mass is 417 g/mol. The molecule has 1 fully saturated rings. The maximum atomic E-state index is 12.7. The molecule has 10 heteroatoms. The minimum Gasteiger partial charge on any atom is -0.508 e. The van der Waals surface area contributed by atoms with Gasteiger partial charge < -0.3 is 36.5 Å². The number of phenolic OH excluding ortho intramolecular Hbond substituents is 1. The molecule has 2 heterocycles. The van der Waals surface area contributed by atoms with Crippen LogP contribution in [0.3, 0.4) is 0 Å². The number of aromatic nitrogens is 2. The predicted molar refractivity (Wildman–Crippen MR) is 112 cm³/mol. The second-order valence-electron chi connectivity index (χ2n) is 7.48. The van der Waals surface area contributed by atoms with Gasteiger partial charge in [0, 0.05) is 26.2 Å². The van der Waals surface area contributed by atoms with Crippen molar-refractivity contribution in [2.75, 3.05) is 32.7 Å². The Bertz CT molecular complexity index is 790. The molecule has 1 aliphatic rings. The highest BCUT2D eigenvalue weighted by molar-refractivity contribution is 5.74. The lowest BCUT2D eigenvalue weighted by molar-refractivity contribution is 0.182. The van der Waals surface area contributed by atoms with E-state index in [0.29, 0.717) is 44.3 Å². The smallest absolute Gasteiger partial charge is 0.318 e. The first-order chi connectivity index (χ1) is 14.6. The van der Waals surface area contributed by atoms with E-state index in [9.17, 15) is 9.90 Å². The third-order valence-corrected chi connectivity index (χ3v) is 5.11. The molecule has 1 aromatic carbocycles. The lowest BCUT2D eigenvalue weighted by Gasteiger charge is -2.29. The number of aromatic hydroxyl groups is 1. The molecule has 7 N–H and O–H groups in total. The van der Waals surface area contributed by atoms with Gasteiger partial charge in [-0.1, -0.05) is 12.1 Å². The number of piperazine rings is 1. The number of carbonyl (C=O) groups excluding carboxylic acids is 1. The van der Waals surface area contributed by atoms with Crippen molar-refractivity contribution in [2.24, 2.45) is 11.5 Å². The fourth-order valence-electron chi connectivity index (χ4n) is 3.37. The Balaban J connectivity index is 1.65. The number of amides is 2. The minimum absolute atomic E-state index is 0.137. The van der Waals surface area contributed by atoms with Crippen LogP contribution in [0.4, 0.5) is 4.79 Å². The Morgan fingerprint density at radius 1 is 1.20 bits per heavy atom. The molecule has 10 nitrogen and oxygen atoms in total. The van der Waals surface area contributed by atoms with Crippen LogP contribution in [0.25, 0.3) is 0 Å². The Morgan fingerprint density at radius 2 is 1.90 bits per heavy atom. The molecule has 3 rings (SSSR count). The molecule has 0 radical (unpaired) electrons. The molecule has 0 bridgehead atoms. The van der Waals surface area contributed by atoms with Crippen molar-refractivity contribution >= 4 is 6.03 Å². The summed E-state index contributed by atoms with van der Waals surface area (Å²) in [4.78, 5) is 14.4. The molecule has 30 heavy (non-hydrogen) atoms. The molecule has 2 atom stereocenters. The van der Waals surface area contributed by atoms with Crippen LogP contribution in [-0.4, -0.2) is 59.0 Å². The van der Waals surface area contributed by atoms with Crippen LogP contribution in [-0.2, 0) is 6.42 Å². The summed E-state index contributed by atoms with van der Waals surface area (Å²) in [5.74, 6) is 0.873. The van der Waals surface area contributed by atoms with Crippen LogP contribution in [0.1, 0.15) is 48.7 Å². The first kappa shape index (κ1) is 22.0. The Kier molecular flexibility index (Phi) is 8.00. The van der Waals surface area contributed by atoms with E-state index in [1.54, 1.807) is 29.2 Å². The SMILES string of the molecule is NCCCC[C@H](NC(=O)N1CCNCC1)c1nnc([C@@H](N)Cc2ccc(O)cc2)o1. The largest absolute Gasteiger partial charge is 0.508 e. The molecule has 1 aliphatic heterocycles. The van der Waals surface area contributed by atoms with Crippen molar-refractivity contribution in [1.82, 2.24) is 25.7 Å². The highest BCUT2D eigenvalue weighted by atomic mass is 16.4. The topological polar surface area (TPSA) is 156 Å². The zero-order valence-corrected chi connectivity index (χ0v) is 17.1. The molecule has 2 aromatic rings. The lowest BCUT2D eigenvalue weighted by atomic mass is 10.1. The van der Waals surface area contributed by atoms with Crippen molar-refractivity contribution in [3.8, 4) is 5.75 Å². The number of carbonyl (C=O) groups is 1. The van der Waals surface area contributed by atoms with E-state index in [1.165, 1.54) is 0 Å². The fourth-order valence-corrected chi connectivity index (χ4v) is 3.37. The van der Waals surface area contributed by atoms with Gasteiger partial charge in [0.1, 0.15) is 11.8 Å². The summed E-state index contributed by atoms with van der Waals surface area (Å²) in [5.41, 5.74) is 12.8. The van der Waals surface area contributed by atoms with Crippen molar-refractivity contribution in [1.29, 1.82) is 0 Å². The molecular formula is C20H31N7O3. The van der Waals surface area contributed by atoms with Crippen LogP contribution in [0.15, 0.2) is 28.7 Å². The van der Waals surface area contributed by atoms with Crippen LogP contribution >= 0.6 is 0 Å². The maximum Gasteiger partial charge on any atom is 0.318 e. The normalized spacial score (nSPS) is 16.3. The van der Waals surface area contributed by atoms with Gasteiger partial charge in [-0.2, -0.15) is 0 Å². The van der Waals surface area contributed by atoms with E-state index < -0.39 is 6.04 Å². The highest BCUT2D eigenvalue weighted by Crippen LogP contribution is 2.22. The molecule has 164 valence electrons. The number of rotatable bonds is 9. The Labute approximate surface area is 176 Å². The first-order valence-corrected chi connectivity index (χ1v) is 10.4. The van der Waals surface area contributed by atoms with Crippen molar-refractivity contribution in [2.45, 2.75) is 37.8 Å². The molecule has 0 spiro atoms. The lowest BCUT2D eigenvalue weighted by Crippen LogP contribution is -2.50. The van der Waals surface area contributed by atoms with E-state index in [-0.39, 0.29) is 17.8 Å². The van der Waals surface area contributed by atoms with E-state index in [4.69, 9.17) is 15.9 Å². The van der Waals surface area contributed by atoms with Crippen LogP contribution in [0, 0.1) is 0 Å². The van der Waals surface area contributed by atoms with Crippen LogP contribution in [0.5, 0.6) is 5.75 Å². The third-order valence-electron chi connectivity index (χ3n) is 5.11. The van der Waals surface area contributed by atoms with Gasteiger partial charge in [0.05, 0.1) is 6.04 Å². The number of hydrogen-bond acceptors (Lipinski definition) is 8. The quantitative estimate of drug-likeness (QED) is 0.375. The predicted octanol–water partition coefficient (Wildman–Crippen LogP) is 0.803. The minimum atomic E-state index is -0.482. The molecule has 1 saturated heterocycles. The standard InChI is InChI=1S/C20H31N7O3/c21-8-2-1-3-17(24-20(29)27-11-9-23-10-12-27)19-26-25-18(30-19)16(22)13-14-4-6-15(28)7-5-14/h4-7,16-17,23,28H,1-3,8-13,21-22H2,(H,24,29)/t16-,17-/m0/s1. The number of phenols is 1. The average molecular weight is 418 g/mol. The number of nitrogens with one attached hydrogen (secondary N) is 2. The van der Waals surface area contributed by atoms with Crippen molar-refractivity contribution < 1.29 is 14.3 Å². The first-order valence-electron chi connectivity index (χ1n) is 10.4. The van der Waals surface area contributed by atoms with Gasteiger partial charge in [-0.15, -0.1) is 10.2 Å². The van der Waals surface area contributed by atoms with Gasteiger partial charge in [-0.3, -0.25) is 0 Å². The zero-order chi connectivity index (χ0) is 21.3. The molecule has 0 saturated carbocycles. The zero-order valence-electron chi connectivity index (χ0n) is 17.1. The number of nitrogens with two attached hydrogens (primary N) is 2. The summed E-state index contributed by atoms with van der Waals surface area (Å²) in [6.07, 6.45) is 2.83. The molecule has 1 aromatic heterocycles. The summed E-state index contributed by atoms with van der Waals surface area (Å²) < 4.78 is 5.85. The Morgan fingerprint density at radius 3 is 2.60 bits per heavy atom. The van der Waals surface area contributed by atoms with E-state index >= 15 is 0 Å². The number of benzene rings is 1. The summed E-state index contributed by atoms with van der Waals surface area (Å²) in [6, 6.07) is 5.82. The van der Waals surface area contributed by atoms with Crippen molar-refractivity contribution in [3.05, 3.63) is 41.6 Å². The third kappa shape index (κ3) is 6.15. The van der Waals surface area contributed by atoms with Gasteiger partial charge in [0.2, 0.25) is 11.8 Å². The van der Waals surface area contributed by atoms with Gasteiger partial charge in [-0.25, -0.2) is 4.79 Å². The summed E-state index contributed by atoms with van der Waals surface area (Å²) in [5, 5.41) is 23.9. The van der Waals surface area contributed by atoms with Crippen LogP contribution in [0.2, 0.25) is 0 Å². The second kappa shape index (κ2) is 10.9. The highest BCUT2D eigenvalue weighted by Gasteiger charge is 2.25. The van der Waals surface area contributed by atoms with Gasteiger partial charge >= 0.3 is 6.03 Å². The van der Waals surface area contributed by atoms with E-state index in [1.807, 2.05) is 0 Å². The summed E-state index contributed by atoms with van der Waals surface area (Å²) >= 11 is 0. The second-order valence-corrected chi connectivity index (χ2v) is 7.48. The fraction of sp³-hybridized carbons (Fsp3) is 0.550. The van der Waals surface area contributed by atoms with E-state index in [2.05, 4.69) is 20.8 Å². The molecule has 0 aliphatic carbocycles. The molecule has 2 amide bonds. The summed E-state index contributed by atoms with van der Waals surface area (Å²) in [6.45, 7) is 3.47. The summed E-state index contributed by atoms with van der Waals surface area (Å²) in [7, 11) is 0. The van der Waals surface area contributed by atoms with Crippen molar-refractivity contribution in [3.63, 3.8) is 0 Å². The maximum absolute atomic E-state index is 12.7. The van der Waals surface area contributed by atoms with Crippen LogP contribution < -0.4 is 22.1 Å². The average Bonchev–Trinajstić information content (AvgIpc) is 3.26. The molecule has 0 unspecified atom stereocenters. The van der Waals surface area contributed by atoms with Gasteiger partial charge in [0.15, 0.2) is 0 Å². The van der Waals surface area contributed by atoms with Gasteiger partial charge in [-0.05, 0) is 49.9 Å². The number of nitrogens with zero attached hydrogens (tertiary/aromatic N) is 3. The van der Waals surface area contributed by atoms with E-state index in [0.717, 1.165) is 31.5 Å². The number of unbranched alkanes of at least 4 members (excludes halogenated alkanes) is 1. The number of urea groups is 1. The molecular weight excluding hydrogens is 386 g/mol. The van der Waals surface area contributed by atoms with Gasteiger partial charge in [0.25, 0.3) is 0 Å². The number of hydrogen-bond donors (Lipinski definition) is 5. The Hall–Kier alpha value is -2.69.